The van der Waals surface area contributed by atoms with Crippen molar-refractivity contribution in [2.75, 3.05) is 0 Å². The van der Waals surface area contributed by atoms with Crippen molar-refractivity contribution in [3.8, 4) is 0 Å². The summed E-state index contributed by atoms with van der Waals surface area (Å²) in [6, 6.07) is 0. The molecule has 1 nitrogen and oxygen atoms in total. The summed E-state index contributed by atoms with van der Waals surface area (Å²) in [6.45, 7) is 8.75. The van der Waals surface area contributed by atoms with Crippen molar-refractivity contribution in [3.63, 3.8) is 0 Å². The Balaban J connectivity index is -0.0000000910. The number of rotatable bonds is 0. The summed E-state index contributed by atoms with van der Waals surface area (Å²) >= 11 is 0. The SMILES string of the molecule is CC(C)(C)C.[CH2-]S([CH2-])=O.[Y]. The van der Waals surface area contributed by atoms with Gasteiger partial charge in [0, 0.05) is 32.7 Å². The molecule has 3 heteroatoms. The van der Waals surface area contributed by atoms with E-state index in [9.17, 15) is 4.21 Å². The maximum atomic E-state index is 9.33. The van der Waals surface area contributed by atoms with E-state index in [1.165, 1.54) is 0 Å². The van der Waals surface area contributed by atoms with E-state index in [0.717, 1.165) is 0 Å². The zero-order chi connectivity index (χ0) is 8.08. The summed E-state index contributed by atoms with van der Waals surface area (Å²) in [5.41, 5.74) is 0.500. The third kappa shape index (κ3) is 401. The fourth-order valence-electron chi connectivity index (χ4n) is 0. The van der Waals surface area contributed by atoms with Crippen LogP contribution in [0.2, 0.25) is 0 Å². The van der Waals surface area contributed by atoms with Crippen LogP contribution in [0.15, 0.2) is 0 Å². The minimum absolute atomic E-state index is 0. The topological polar surface area (TPSA) is 17.1 Å². The molecule has 0 spiro atoms. The van der Waals surface area contributed by atoms with Gasteiger partial charge in [0.25, 0.3) is 0 Å². The maximum Gasteiger partial charge on any atom is 0 e. The van der Waals surface area contributed by atoms with E-state index in [0.29, 0.717) is 5.41 Å². The molecule has 0 saturated carbocycles. The Bertz CT molecular complexity index is 76.1. The fourth-order valence-corrected chi connectivity index (χ4v) is 0. The average molecular weight is 237 g/mol. The van der Waals surface area contributed by atoms with E-state index in [4.69, 9.17) is 0 Å². The molecule has 0 amide bonds. The molecule has 1 radical (unpaired) electrons. The summed E-state index contributed by atoms with van der Waals surface area (Å²) in [4.78, 5) is 0. The van der Waals surface area contributed by atoms with Gasteiger partial charge in [0.1, 0.15) is 0 Å². The number of hydrogen-bond acceptors (Lipinski definition) is 1. The van der Waals surface area contributed by atoms with Gasteiger partial charge >= 0.3 is 0 Å². The van der Waals surface area contributed by atoms with Crippen molar-refractivity contribution in [1.29, 1.82) is 0 Å². The molecule has 0 aliphatic rings. The van der Waals surface area contributed by atoms with E-state index in [1.54, 1.807) is 0 Å². The molecule has 0 aliphatic heterocycles. The molecule has 61 valence electrons. The summed E-state index contributed by atoms with van der Waals surface area (Å²) < 4.78 is 9.33. The van der Waals surface area contributed by atoms with Crippen LogP contribution in [0.4, 0.5) is 0 Å². The van der Waals surface area contributed by atoms with Crippen molar-refractivity contribution in [2.24, 2.45) is 5.41 Å². The van der Waals surface area contributed by atoms with Gasteiger partial charge in [-0.15, -0.1) is 0 Å². The Hall–Kier alpha value is 1.25. The first-order valence-corrected chi connectivity index (χ1v) is 4.23. The molecule has 0 heterocycles. The molecule has 0 unspecified atom stereocenters. The maximum absolute atomic E-state index is 9.33. The molecule has 0 atom stereocenters. The third-order valence-corrected chi connectivity index (χ3v) is 0. The smallest absolute Gasteiger partial charge is 0 e. The van der Waals surface area contributed by atoms with Crippen LogP contribution in [0.25, 0.3) is 0 Å². The van der Waals surface area contributed by atoms with Gasteiger partial charge < -0.3 is 4.21 Å². The molecule has 0 N–H and O–H groups in total. The second-order valence-electron chi connectivity index (χ2n) is 3.44. The number of hydrogen-bond donors (Lipinski definition) is 0. The molecular formula is C7H16OSY-2. The first-order valence-electron chi connectivity index (χ1n) is 2.74. The first kappa shape index (κ1) is 17.4. The molecule has 0 aromatic heterocycles. The van der Waals surface area contributed by atoms with Gasteiger partial charge in [-0.1, -0.05) is 27.7 Å². The van der Waals surface area contributed by atoms with E-state index >= 15 is 0 Å². The monoisotopic (exact) mass is 237 g/mol. The van der Waals surface area contributed by atoms with Crippen molar-refractivity contribution in [1.82, 2.24) is 0 Å². The van der Waals surface area contributed by atoms with Crippen molar-refractivity contribution < 1.29 is 36.9 Å². The molecule has 0 fully saturated rings. The Morgan fingerprint density at radius 3 is 1.10 bits per heavy atom. The van der Waals surface area contributed by atoms with E-state index in [1.807, 2.05) is 0 Å². The van der Waals surface area contributed by atoms with Gasteiger partial charge in [0.15, 0.2) is 0 Å². The van der Waals surface area contributed by atoms with Gasteiger partial charge in [-0.3, -0.25) is 23.3 Å². The van der Waals surface area contributed by atoms with E-state index in [2.05, 4.69) is 40.2 Å². The largest absolute Gasteiger partial charge is 0.328 e. The van der Waals surface area contributed by atoms with Crippen molar-refractivity contribution >= 4 is 10.8 Å². The van der Waals surface area contributed by atoms with Gasteiger partial charge in [-0.05, 0) is 5.41 Å². The van der Waals surface area contributed by atoms with Crippen LogP contribution in [-0.2, 0) is 43.5 Å². The fraction of sp³-hybridized carbons (Fsp3) is 0.714. The zero-order valence-corrected chi connectivity index (χ0v) is 11.0. The summed E-state index contributed by atoms with van der Waals surface area (Å²) in [6.07, 6.45) is 6.00. The molecule has 0 aliphatic carbocycles. The standard InChI is InChI=1S/C5H12.C2H4OS.Y/c1-5(2,3)4;1-4(2)3;/h1-4H3;1-2H2;/q;-2;. The molecule has 0 bridgehead atoms. The molecule has 0 aromatic rings. The summed E-state index contributed by atoms with van der Waals surface area (Å²) in [5.74, 6) is 0. The summed E-state index contributed by atoms with van der Waals surface area (Å²) in [7, 11) is -1.11. The van der Waals surface area contributed by atoms with Gasteiger partial charge in [0.05, 0.1) is 0 Å². The average Bonchev–Trinajstić information content (AvgIpc) is 1.19. The van der Waals surface area contributed by atoms with Gasteiger partial charge in [0.2, 0.25) is 0 Å². The Morgan fingerprint density at radius 1 is 1.10 bits per heavy atom. The molecule has 0 rings (SSSR count). The van der Waals surface area contributed by atoms with Crippen molar-refractivity contribution in [2.45, 2.75) is 27.7 Å². The summed E-state index contributed by atoms with van der Waals surface area (Å²) in [5, 5.41) is 0. The van der Waals surface area contributed by atoms with Gasteiger partial charge in [-0.2, -0.15) is 0 Å². The predicted molar refractivity (Wildman–Crippen MR) is 44.0 cm³/mol. The predicted octanol–water partition coefficient (Wildman–Crippen LogP) is 2.37. The van der Waals surface area contributed by atoms with Gasteiger partial charge in [-0.25, -0.2) is 0 Å². The second kappa shape index (κ2) is 8.35. The van der Waals surface area contributed by atoms with Crippen LogP contribution >= 0.6 is 0 Å². The second-order valence-corrected chi connectivity index (χ2v) is 4.32. The van der Waals surface area contributed by atoms with Crippen LogP contribution in [0, 0.1) is 17.9 Å². The first-order chi connectivity index (χ1) is 3.73. The Kier molecular flexibility index (Phi) is 14.5. The molecular weight excluding hydrogens is 221 g/mol. The molecule has 0 aromatic carbocycles. The zero-order valence-electron chi connectivity index (χ0n) is 7.31. The third-order valence-electron chi connectivity index (χ3n) is 0. The van der Waals surface area contributed by atoms with Crippen LogP contribution in [0.5, 0.6) is 0 Å². The van der Waals surface area contributed by atoms with Crippen LogP contribution in [-0.4, -0.2) is 4.21 Å². The quantitative estimate of drug-likeness (QED) is 0.591. The molecule has 0 saturated heterocycles. The minimum atomic E-state index is -1.11. The Morgan fingerprint density at radius 2 is 1.10 bits per heavy atom. The van der Waals surface area contributed by atoms with Crippen LogP contribution < -0.4 is 0 Å². The van der Waals surface area contributed by atoms with Crippen molar-refractivity contribution in [3.05, 3.63) is 12.5 Å². The van der Waals surface area contributed by atoms with E-state index in [-0.39, 0.29) is 32.7 Å². The normalized spacial score (nSPS) is 9.50. The molecule has 10 heavy (non-hydrogen) atoms. The van der Waals surface area contributed by atoms with Crippen LogP contribution in [0.1, 0.15) is 27.7 Å². The van der Waals surface area contributed by atoms with E-state index < -0.39 is 10.8 Å². The minimum Gasteiger partial charge on any atom is -0.328 e. The van der Waals surface area contributed by atoms with Crippen LogP contribution in [0.3, 0.4) is 0 Å². The Labute approximate surface area is 92.7 Å².